The number of thiazole rings is 1. The summed E-state index contributed by atoms with van der Waals surface area (Å²) in [7, 11) is 0. The zero-order valence-electron chi connectivity index (χ0n) is 25.6. The molecule has 3 aliphatic heterocycles. The van der Waals surface area contributed by atoms with Crippen LogP contribution in [0.4, 0.5) is 14.7 Å². The van der Waals surface area contributed by atoms with Crippen LogP contribution in [0, 0.1) is 5.92 Å². The second-order valence-electron chi connectivity index (χ2n) is 11.5. The first kappa shape index (κ1) is 34.7. The summed E-state index contributed by atoms with van der Waals surface area (Å²) in [4.78, 5) is 97.6. The molecule has 49 heavy (non-hydrogen) atoms. The Morgan fingerprint density at radius 2 is 1.92 bits per heavy atom. The number of aromatic nitrogens is 2. The molecule has 0 aromatic carbocycles. The summed E-state index contributed by atoms with van der Waals surface area (Å²) in [6.45, 7) is 1.31. The van der Waals surface area contributed by atoms with Gasteiger partial charge in [-0.1, -0.05) is 16.9 Å². The van der Waals surface area contributed by atoms with Crippen LogP contribution in [0.15, 0.2) is 27.6 Å². The second kappa shape index (κ2) is 12.8. The van der Waals surface area contributed by atoms with E-state index < -0.39 is 81.6 Å². The molecule has 23 heteroatoms. The summed E-state index contributed by atoms with van der Waals surface area (Å²) in [5.41, 5.74) is 4.85. The first-order valence-corrected chi connectivity index (χ1v) is 15.9. The number of pyridine rings is 1. The van der Waals surface area contributed by atoms with Crippen LogP contribution in [0.25, 0.3) is 0 Å². The molecule has 3 fully saturated rings. The third kappa shape index (κ3) is 6.48. The maximum atomic E-state index is 13.4. The zero-order chi connectivity index (χ0) is 36.0. The molecule has 2 aromatic rings. The number of aromatic hydroxyl groups is 1. The number of carboxylic acids is 2. The Balaban J connectivity index is 1.26. The third-order valence-corrected chi connectivity index (χ3v) is 10.2. The minimum Gasteiger partial charge on any atom is -0.503 e. The number of nitrogens with one attached hydrogen (secondary N) is 2. The molecule has 8 N–H and O–H groups in total. The Morgan fingerprint density at radius 3 is 2.55 bits per heavy atom. The van der Waals surface area contributed by atoms with E-state index in [1.165, 1.54) is 24.1 Å². The quantitative estimate of drug-likeness (QED) is 0.0588. The number of anilines is 1. The minimum atomic E-state index is -1.98. The summed E-state index contributed by atoms with van der Waals surface area (Å²) in [5.74, 6) is -5.86. The number of Topliss-reactive ketones (excluding diaryl/α,β-unsaturated/α-hetero) is 1. The minimum absolute atomic E-state index is 0.00987. The van der Waals surface area contributed by atoms with E-state index in [-0.39, 0.29) is 41.9 Å². The molecule has 262 valence electrons. The van der Waals surface area contributed by atoms with Crippen molar-refractivity contribution in [1.29, 1.82) is 0 Å². The molecule has 2 aromatic heterocycles. The van der Waals surface area contributed by atoms with Gasteiger partial charge in [0.1, 0.15) is 5.69 Å². The van der Waals surface area contributed by atoms with Crippen molar-refractivity contribution in [2.45, 2.75) is 42.7 Å². The predicted octanol–water partition coefficient (Wildman–Crippen LogP) is -1.16. The Hall–Kier alpha value is -5.58. The van der Waals surface area contributed by atoms with Gasteiger partial charge in [-0.05, 0) is 13.8 Å². The van der Waals surface area contributed by atoms with Gasteiger partial charge in [0.25, 0.3) is 0 Å². The van der Waals surface area contributed by atoms with Crippen molar-refractivity contribution in [2.24, 2.45) is 11.1 Å². The van der Waals surface area contributed by atoms with Crippen molar-refractivity contribution in [3.8, 4) is 5.75 Å². The number of rotatable bonds is 12. The molecule has 5 amide bonds. The number of nitrogens with two attached hydrogens (primary N) is 1. The highest BCUT2D eigenvalue weighted by atomic mass is 32.2. The molecule has 5 heterocycles. The van der Waals surface area contributed by atoms with Crippen molar-refractivity contribution in [2.75, 3.05) is 25.4 Å². The van der Waals surface area contributed by atoms with E-state index in [4.69, 9.17) is 10.6 Å². The van der Waals surface area contributed by atoms with Crippen molar-refractivity contribution in [3.05, 3.63) is 39.3 Å². The second-order valence-corrected chi connectivity index (χ2v) is 13.7. The standard InChI is InChI=1S/C26H29N9O12S2/c1-25(2,20(40)41)47-31-17(13-9-48-22(27)29-13)15(37)6-12-18(39)32-10-26(21(42)43,49-19(12)32)33-3-4-34(24(33)45)30-23(44)28-7-11-5-14(36)16(38)8-35(11)46/h5,8-9,12,19,38,46H,3-4,6-7,10H2,1-2H3,(H2,27,29)(H,40,41)(H,42,43)(H2,28,30,44)/b31-17-/t12?,19-,26-/m1/s1. The molecule has 21 nitrogen and oxygen atoms in total. The molecule has 1 unspecified atom stereocenters. The zero-order valence-corrected chi connectivity index (χ0v) is 27.2. The highest BCUT2D eigenvalue weighted by Crippen LogP contribution is 2.52. The lowest BCUT2D eigenvalue weighted by atomic mass is 9.90. The molecule has 0 saturated carbocycles. The lowest BCUT2D eigenvalue weighted by Gasteiger charge is -2.40. The summed E-state index contributed by atoms with van der Waals surface area (Å²) >= 11 is 1.76. The predicted molar refractivity (Wildman–Crippen MR) is 166 cm³/mol. The fourth-order valence-corrected chi connectivity index (χ4v) is 7.32. The Bertz CT molecular complexity index is 1840. The lowest BCUT2D eigenvalue weighted by molar-refractivity contribution is -0.161. The topological polar surface area (TPSA) is 300 Å². The normalized spacial score (nSPS) is 22.1. The fourth-order valence-electron chi connectivity index (χ4n) is 5.07. The van der Waals surface area contributed by atoms with Gasteiger partial charge in [0, 0.05) is 24.4 Å². The smallest absolute Gasteiger partial charge is 0.350 e. The highest BCUT2D eigenvalue weighted by molar-refractivity contribution is 8.02. The largest absolute Gasteiger partial charge is 0.503 e. The number of nitrogens with zero attached hydrogens (tertiary/aromatic N) is 6. The van der Waals surface area contributed by atoms with Gasteiger partial charge in [-0.2, -0.15) is 4.73 Å². The average Bonchev–Trinajstić information content (AvgIpc) is 3.73. The molecule has 3 aliphatic rings. The van der Waals surface area contributed by atoms with E-state index >= 15 is 0 Å². The number of ketones is 1. The van der Waals surface area contributed by atoms with E-state index in [2.05, 4.69) is 20.9 Å². The van der Waals surface area contributed by atoms with Gasteiger partial charge >= 0.3 is 24.0 Å². The van der Waals surface area contributed by atoms with Gasteiger partial charge in [0.2, 0.25) is 21.8 Å². The van der Waals surface area contributed by atoms with Gasteiger partial charge in [-0.3, -0.25) is 19.3 Å². The van der Waals surface area contributed by atoms with E-state index in [1.807, 2.05) is 0 Å². The summed E-state index contributed by atoms with van der Waals surface area (Å²) < 4.78 is 0.426. The third-order valence-electron chi connectivity index (χ3n) is 7.80. The molecule has 0 bridgehead atoms. The van der Waals surface area contributed by atoms with Crippen LogP contribution in [-0.2, 0) is 30.6 Å². The summed E-state index contributed by atoms with van der Waals surface area (Å²) in [5, 5.41) is 46.4. The van der Waals surface area contributed by atoms with E-state index in [9.17, 15) is 54.1 Å². The molecule has 3 atom stereocenters. The number of carbonyl (C=O) groups is 6. The van der Waals surface area contributed by atoms with Crippen LogP contribution in [0.1, 0.15) is 31.7 Å². The molecular formula is C26H29N9O12S2. The number of thioether (sulfide) groups is 1. The number of fused-ring (bicyclic) bond motifs is 1. The number of carboxylic acid groups (broad SMARTS) is 2. The Labute approximate surface area is 282 Å². The van der Waals surface area contributed by atoms with Crippen LogP contribution >= 0.6 is 23.1 Å². The number of hydrogen-bond donors (Lipinski definition) is 7. The van der Waals surface area contributed by atoms with E-state index in [0.717, 1.165) is 45.3 Å². The van der Waals surface area contributed by atoms with Gasteiger partial charge in [-0.25, -0.2) is 34.6 Å². The Morgan fingerprint density at radius 1 is 1.20 bits per heavy atom. The average molecular weight is 724 g/mol. The highest BCUT2D eigenvalue weighted by Gasteiger charge is 2.66. The lowest BCUT2D eigenvalue weighted by Crippen LogP contribution is -2.60. The van der Waals surface area contributed by atoms with Crippen LogP contribution in [0.3, 0.4) is 0 Å². The molecule has 5 rings (SSSR count). The number of hydrazine groups is 1. The van der Waals surface area contributed by atoms with Gasteiger partial charge in [0.05, 0.1) is 42.8 Å². The van der Waals surface area contributed by atoms with Crippen molar-refractivity contribution >= 4 is 69.6 Å². The number of amides is 5. The first-order chi connectivity index (χ1) is 22.9. The van der Waals surface area contributed by atoms with Gasteiger partial charge in [0.15, 0.2) is 22.4 Å². The number of β-lactam (4-membered cyclic amide) rings is 1. The summed E-state index contributed by atoms with van der Waals surface area (Å²) in [6, 6.07) is -0.953. The van der Waals surface area contributed by atoms with Crippen LogP contribution in [0.5, 0.6) is 5.75 Å². The van der Waals surface area contributed by atoms with Crippen LogP contribution < -0.4 is 21.9 Å². The molecule has 3 saturated heterocycles. The number of nitrogen functional groups attached to an aromatic ring is 1. The van der Waals surface area contributed by atoms with Crippen LogP contribution in [0.2, 0.25) is 0 Å². The number of urea groups is 2. The fraction of sp³-hybridized carbons (Fsp3) is 0.423. The number of hydrogen-bond acceptors (Lipinski definition) is 15. The molecule has 0 radical (unpaired) electrons. The number of aliphatic carboxylic acids is 2. The number of oxime groups is 1. The van der Waals surface area contributed by atoms with Crippen LogP contribution in [-0.4, -0.2) is 122 Å². The number of carbonyl (C=O) groups excluding carboxylic acids is 4. The SMILES string of the molecule is CC(C)(O/N=C(\C(=O)CC1C(=O)N2C[C@@](C(=O)O)(N3CCN(NC(=O)NCc4cc(=O)c(O)cn4O)C3=O)S[C@H]12)c1csc(N)n1)C(=O)O. The van der Waals surface area contributed by atoms with E-state index in [1.54, 1.807) is 0 Å². The maximum Gasteiger partial charge on any atom is 0.350 e. The van der Waals surface area contributed by atoms with Gasteiger partial charge in [-0.15, -0.1) is 11.3 Å². The van der Waals surface area contributed by atoms with Crippen molar-refractivity contribution < 1.29 is 54.1 Å². The molecule has 0 aliphatic carbocycles. The van der Waals surface area contributed by atoms with Crippen molar-refractivity contribution in [3.63, 3.8) is 0 Å². The van der Waals surface area contributed by atoms with Gasteiger partial charge < -0.3 is 41.3 Å². The first-order valence-electron chi connectivity index (χ1n) is 14.2. The monoisotopic (exact) mass is 723 g/mol. The van der Waals surface area contributed by atoms with Crippen molar-refractivity contribution in [1.82, 2.24) is 35.3 Å². The molecular weight excluding hydrogens is 694 g/mol. The maximum absolute atomic E-state index is 13.4. The van der Waals surface area contributed by atoms with E-state index in [0.29, 0.717) is 4.73 Å². The Kier molecular flexibility index (Phi) is 9.07. The summed E-state index contributed by atoms with van der Waals surface area (Å²) in [6.07, 6.45) is 0.264. The molecule has 0 spiro atoms.